The minimum Gasteiger partial charge on any atom is -0.489 e. The van der Waals surface area contributed by atoms with Crippen LogP contribution in [0.1, 0.15) is 26.3 Å². The lowest BCUT2D eigenvalue weighted by molar-refractivity contribution is -0.121. The summed E-state index contributed by atoms with van der Waals surface area (Å²) in [5, 5.41) is 0. The molecule has 5 rings (SSSR count). The second-order valence-corrected chi connectivity index (χ2v) is 7.67. The quantitative estimate of drug-likeness (QED) is 0.434. The molecular formula is C26H17FN2O5. The van der Waals surface area contributed by atoms with E-state index in [0.29, 0.717) is 5.75 Å². The van der Waals surface area contributed by atoms with Gasteiger partial charge in [-0.25, -0.2) is 9.29 Å². The number of carbonyl (C=O) groups is 3. The lowest BCUT2D eigenvalue weighted by atomic mass is 10.1. The Morgan fingerprint density at radius 2 is 1.74 bits per heavy atom. The van der Waals surface area contributed by atoms with Crippen LogP contribution in [0.3, 0.4) is 0 Å². The summed E-state index contributed by atoms with van der Waals surface area (Å²) in [4.78, 5) is 40.4. The SMILES string of the molecule is C#CCN1C(=O)COc2cc(F)c(N3C(=O)c4ccc(OCc5ccccc5)cc4C3=O)cc21. The molecule has 0 saturated heterocycles. The summed E-state index contributed by atoms with van der Waals surface area (Å²) < 4.78 is 26.1. The fourth-order valence-electron chi connectivity index (χ4n) is 3.92. The maximum absolute atomic E-state index is 15.0. The average molecular weight is 456 g/mol. The van der Waals surface area contributed by atoms with Crippen LogP contribution >= 0.6 is 0 Å². The second kappa shape index (κ2) is 8.37. The Balaban J connectivity index is 1.47. The van der Waals surface area contributed by atoms with Crippen molar-refractivity contribution in [1.82, 2.24) is 0 Å². The Labute approximate surface area is 194 Å². The van der Waals surface area contributed by atoms with Gasteiger partial charge in [0.1, 0.15) is 18.1 Å². The lowest BCUT2D eigenvalue weighted by Gasteiger charge is -2.29. The van der Waals surface area contributed by atoms with E-state index in [-0.39, 0.29) is 48.0 Å². The van der Waals surface area contributed by atoms with Crippen LogP contribution in [0.5, 0.6) is 11.5 Å². The highest BCUT2D eigenvalue weighted by atomic mass is 19.1. The number of nitrogens with zero attached hydrogens (tertiary/aromatic N) is 2. The summed E-state index contributed by atoms with van der Waals surface area (Å²) in [5.41, 5.74) is 1.06. The fraction of sp³-hybridized carbons (Fsp3) is 0.115. The fourth-order valence-corrected chi connectivity index (χ4v) is 3.92. The third-order valence-electron chi connectivity index (χ3n) is 5.57. The van der Waals surface area contributed by atoms with Gasteiger partial charge >= 0.3 is 0 Å². The molecular weight excluding hydrogens is 439 g/mol. The Morgan fingerprint density at radius 3 is 2.50 bits per heavy atom. The number of hydrogen-bond donors (Lipinski definition) is 0. The van der Waals surface area contributed by atoms with Gasteiger partial charge in [-0.1, -0.05) is 36.3 Å². The number of rotatable bonds is 5. The van der Waals surface area contributed by atoms with Crippen LogP contribution in [-0.4, -0.2) is 30.9 Å². The van der Waals surface area contributed by atoms with Crippen LogP contribution in [0.4, 0.5) is 15.8 Å². The third-order valence-corrected chi connectivity index (χ3v) is 5.57. The van der Waals surface area contributed by atoms with Crippen LogP contribution in [0.25, 0.3) is 0 Å². The third kappa shape index (κ3) is 3.53. The summed E-state index contributed by atoms with van der Waals surface area (Å²) in [6.07, 6.45) is 5.36. The van der Waals surface area contributed by atoms with Crippen molar-refractivity contribution in [1.29, 1.82) is 0 Å². The summed E-state index contributed by atoms with van der Waals surface area (Å²) in [5.74, 6) is 0.234. The molecule has 0 N–H and O–H groups in total. The van der Waals surface area contributed by atoms with Crippen LogP contribution in [-0.2, 0) is 11.4 Å². The molecule has 2 heterocycles. The van der Waals surface area contributed by atoms with Crippen molar-refractivity contribution >= 4 is 29.1 Å². The lowest BCUT2D eigenvalue weighted by Crippen LogP contribution is -2.39. The van der Waals surface area contributed by atoms with E-state index < -0.39 is 23.5 Å². The number of benzene rings is 3. The average Bonchev–Trinajstić information content (AvgIpc) is 3.09. The molecule has 0 aliphatic carbocycles. The van der Waals surface area contributed by atoms with E-state index in [4.69, 9.17) is 15.9 Å². The van der Waals surface area contributed by atoms with Crippen molar-refractivity contribution in [2.24, 2.45) is 0 Å². The van der Waals surface area contributed by atoms with Crippen LogP contribution in [0.2, 0.25) is 0 Å². The second-order valence-electron chi connectivity index (χ2n) is 7.67. The molecule has 7 nitrogen and oxygen atoms in total. The molecule has 2 aliphatic rings. The predicted molar refractivity (Wildman–Crippen MR) is 121 cm³/mol. The van der Waals surface area contributed by atoms with Gasteiger partial charge in [0.25, 0.3) is 17.7 Å². The summed E-state index contributed by atoms with van der Waals surface area (Å²) in [6.45, 7) is -0.0687. The van der Waals surface area contributed by atoms with E-state index in [1.807, 2.05) is 30.3 Å². The van der Waals surface area contributed by atoms with E-state index in [1.54, 1.807) is 6.07 Å². The van der Waals surface area contributed by atoms with Crippen molar-refractivity contribution in [2.45, 2.75) is 6.61 Å². The van der Waals surface area contributed by atoms with Crippen molar-refractivity contribution in [3.63, 3.8) is 0 Å². The molecule has 3 aromatic carbocycles. The Hall–Kier alpha value is -4.64. The number of hydrogen-bond acceptors (Lipinski definition) is 5. The van der Waals surface area contributed by atoms with Gasteiger partial charge in [0.2, 0.25) is 0 Å². The number of ether oxygens (including phenoxy) is 2. The Bertz CT molecular complexity index is 1380. The minimum absolute atomic E-state index is 0.0650. The highest BCUT2D eigenvalue weighted by molar-refractivity contribution is 6.34. The summed E-state index contributed by atoms with van der Waals surface area (Å²) >= 11 is 0. The Morgan fingerprint density at radius 1 is 0.971 bits per heavy atom. The van der Waals surface area contributed by atoms with Gasteiger partial charge in [0.05, 0.1) is 29.0 Å². The van der Waals surface area contributed by atoms with Crippen molar-refractivity contribution < 1.29 is 28.2 Å². The highest BCUT2D eigenvalue weighted by Gasteiger charge is 2.39. The topological polar surface area (TPSA) is 76.2 Å². The number of imide groups is 1. The molecule has 0 saturated carbocycles. The minimum atomic E-state index is -0.844. The van der Waals surface area contributed by atoms with E-state index in [1.165, 1.54) is 23.1 Å². The molecule has 8 heteroatoms. The van der Waals surface area contributed by atoms with Gasteiger partial charge in [-0.05, 0) is 29.8 Å². The molecule has 168 valence electrons. The highest BCUT2D eigenvalue weighted by Crippen LogP contribution is 2.40. The first kappa shape index (κ1) is 21.2. The van der Waals surface area contributed by atoms with Crippen molar-refractivity contribution in [3.8, 4) is 23.8 Å². The molecule has 0 unspecified atom stereocenters. The van der Waals surface area contributed by atoms with Gasteiger partial charge in [0, 0.05) is 6.07 Å². The monoisotopic (exact) mass is 456 g/mol. The van der Waals surface area contributed by atoms with Crippen molar-refractivity contribution in [3.05, 3.63) is 83.2 Å². The number of halogens is 1. The first-order chi connectivity index (χ1) is 16.5. The molecule has 2 aliphatic heterocycles. The van der Waals surface area contributed by atoms with E-state index in [0.717, 1.165) is 16.5 Å². The standard InChI is InChI=1S/C26H17FN2O5/c1-2-10-28-22-13-21(20(27)12-23(22)34-15-24(28)30)29-25(31)18-9-8-17(11-19(18)26(29)32)33-14-16-6-4-3-5-7-16/h1,3-9,11-13H,10,14-15H2. The summed E-state index contributed by atoms with van der Waals surface area (Å²) in [6, 6.07) is 16.3. The largest absolute Gasteiger partial charge is 0.489 e. The molecule has 0 radical (unpaired) electrons. The molecule has 3 amide bonds. The molecule has 0 aromatic heterocycles. The molecule has 0 spiro atoms. The molecule has 34 heavy (non-hydrogen) atoms. The maximum atomic E-state index is 15.0. The van der Waals surface area contributed by atoms with E-state index in [9.17, 15) is 14.4 Å². The maximum Gasteiger partial charge on any atom is 0.266 e. The number of terminal acetylenes is 1. The molecule has 0 atom stereocenters. The molecule has 0 bridgehead atoms. The van der Waals surface area contributed by atoms with Crippen LogP contribution in [0, 0.1) is 18.2 Å². The normalized spacial score (nSPS) is 14.4. The van der Waals surface area contributed by atoms with Gasteiger partial charge in [-0.15, -0.1) is 6.42 Å². The first-order valence-corrected chi connectivity index (χ1v) is 10.4. The smallest absolute Gasteiger partial charge is 0.266 e. The zero-order valence-electron chi connectivity index (χ0n) is 17.8. The van der Waals surface area contributed by atoms with E-state index >= 15 is 4.39 Å². The number of anilines is 2. The predicted octanol–water partition coefficient (Wildman–Crippen LogP) is 3.56. The first-order valence-electron chi connectivity index (χ1n) is 10.4. The number of fused-ring (bicyclic) bond motifs is 2. The van der Waals surface area contributed by atoms with Gasteiger partial charge < -0.3 is 9.47 Å². The van der Waals surface area contributed by atoms with Gasteiger partial charge in [-0.2, -0.15) is 0 Å². The van der Waals surface area contributed by atoms with Gasteiger partial charge in [-0.3, -0.25) is 19.3 Å². The molecule has 3 aromatic rings. The van der Waals surface area contributed by atoms with Gasteiger partial charge in [0.15, 0.2) is 12.4 Å². The van der Waals surface area contributed by atoms with Crippen LogP contribution in [0.15, 0.2) is 60.7 Å². The summed E-state index contributed by atoms with van der Waals surface area (Å²) in [7, 11) is 0. The zero-order valence-corrected chi connectivity index (χ0v) is 17.8. The van der Waals surface area contributed by atoms with Crippen molar-refractivity contribution in [2.75, 3.05) is 23.0 Å². The number of amides is 3. The Kier molecular flexibility index (Phi) is 5.22. The van der Waals surface area contributed by atoms with E-state index in [2.05, 4.69) is 5.92 Å². The molecule has 0 fully saturated rings. The van der Waals surface area contributed by atoms with Crippen LogP contribution < -0.4 is 19.3 Å². The number of carbonyl (C=O) groups excluding carboxylic acids is 3. The zero-order chi connectivity index (χ0) is 23.8.